The van der Waals surface area contributed by atoms with Crippen LogP contribution in [0.25, 0.3) is 22.3 Å². The highest BCUT2D eigenvalue weighted by Gasteiger charge is 2.56. The summed E-state index contributed by atoms with van der Waals surface area (Å²) in [6, 6.07) is 0.0873. The van der Waals surface area contributed by atoms with Crippen molar-refractivity contribution in [1.82, 2.24) is 50.3 Å². The van der Waals surface area contributed by atoms with Gasteiger partial charge in [-0.2, -0.15) is 13.2 Å². The maximum atomic E-state index is 12.4. The molecule has 6 heterocycles. The number of fused-ring (bicyclic) bond motifs is 2. The number of alkyl halides is 3. The number of rotatable bonds is 12. The molecule has 4 aromatic rings. The van der Waals surface area contributed by atoms with Gasteiger partial charge in [0.25, 0.3) is 11.8 Å². The molecule has 2 aliphatic heterocycles. The van der Waals surface area contributed by atoms with Gasteiger partial charge in [0.1, 0.15) is 22.7 Å². The van der Waals surface area contributed by atoms with E-state index in [0.29, 0.717) is 72.3 Å². The van der Waals surface area contributed by atoms with Crippen molar-refractivity contribution >= 4 is 57.6 Å². The molecule has 3 unspecified atom stereocenters. The van der Waals surface area contributed by atoms with Gasteiger partial charge in [-0.25, -0.2) is 19.9 Å². The summed E-state index contributed by atoms with van der Waals surface area (Å²) >= 11 is 0. The lowest BCUT2D eigenvalue weighted by Crippen LogP contribution is -2.31. The number of carbonyl (C=O) groups is 4. The molecule has 3 atom stereocenters. The fourth-order valence-corrected chi connectivity index (χ4v) is 7.07. The summed E-state index contributed by atoms with van der Waals surface area (Å²) in [6.07, 6.45) is 5.50. The minimum absolute atomic E-state index is 0.0155. The first-order valence-electron chi connectivity index (χ1n) is 18.4. The first kappa shape index (κ1) is 39.7. The van der Waals surface area contributed by atoms with Crippen LogP contribution in [0.3, 0.4) is 0 Å². The highest BCUT2D eigenvalue weighted by molar-refractivity contribution is 6.05. The standard InChI is InChI=1S/C20H23F3N6O2.C17H22N6O2/c1-2-15(30)29-10-13(19(11-29)5-6-19)27-14-9-26-17-16(28-14)12(8-25-17)18(31)24-7-3-4-20(21,22)23;1-4-14(24)23-8-10(3)12(9-23)21-13-7-20-16-15(22-13)11(6-19-16)17(25)18-5-2/h2,8-9,13H,1,3-7,10-11H2,(H,24,31)(H,25,26)(H,27,28);4,6-7,10,12H,1,5,8-9H2,2-3H3,(H,18,25)(H,19,20)(H,21,22). The number of hydrogen-bond acceptors (Lipinski definition) is 10. The van der Waals surface area contributed by atoms with Crippen LogP contribution in [0.4, 0.5) is 24.8 Å². The third-order valence-corrected chi connectivity index (χ3v) is 10.3. The first-order chi connectivity index (χ1) is 26.7. The molecule has 1 aliphatic carbocycles. The van der Waals surface area contributed by atoms with Gasteiger partial charge in [0.2, 0.25) is 11.8 Å². The first-order valence-corrected chi connectivity index (χ1v) is 18.4. The predicted molar refractivity (Wildman–Crippen MR) is 203 cm³/mol. The largest absolute Gasteiger partial charge is 0.389 e. The molecule has 19 heteroatoms. The summed E-state index contributed by atoms with van der Waals surface area (Å²) in [5.74, 6) is 0.466. The molecular weight excluding hydrogens is 733 g/mol. The number of amides is 4. The molecule has 2 saturated heterocycles. The van der Waals surface area contributed by atoms with E-state index in [1.165, 1.54) is 18.3 Å². The molecule has 1 saturated carbocycles. The number of aromatic nitrogens is 6. The Kier molecular flexibility index (Phi) is 11.6. The zero-order valence-corrected chi connectivity index (χ0v) is 31.1. The molecular formula is C37H45F3N12O4. The maximum Gasteiger partial charge on any atom is 0.389 e. The lowest BCUT2D eigenvalue weighted by Gasteiger charge is -2.18. The fraction of sp³-hybridized carbons (Fsp3) is 0.459. The topological polar surface area (TPSA) is 206 Å². The van der Waals surface area contributed by atoms with E-state index in [2.05, 4.69) is 71.3 Å². The van der Waals surface area contributed by atoms with Crippen molar-refractivity contribution in [3.63, 3.8) is 0 Å². The van der Waals surface area contributed by atoms with Gasteiger partial charge in [-0.3, -0.25) is 19.2 Å². The van der Waals surface area contributed by atoms with Gasteiger partial charge in [-0.1, -0.05) is 20.1 Å². The maximum absolute atomic E-state index is 12.4. The van der Waals surface area contributed by atoms with Crippen LogP contribution in [0.15, 0.2) is 50.1 Å². The van der Waals surface area contributed by atoms with E-state index >= 15 is 0 Å². The molecule has 1 spiro atoms. The highest BCUT2D eigenvalue weighted by Crippen LogP contribution is 2.53. The number of nitrogens with zero attached hydrogens (tertiary/aromatic N) is 6. The summed E-state index contributed by atoms with van der Waals surface area (Å²) in [7, 11) is 0. The van der Waals surface area contributed by atoms with E-state index < -0.39 is 18.5 Å². The number of halogens is 3. The molecule has 4 aromatic heterocycles. The van der Waals surface area contributed by atoms with Crippen LogP contribution in [-0.4, -0.2) is 121 Å². The van der Waals surface area contributed by atoms with Crippen molar-refractivity contribution < 1.29 is 32.3 Å². The van der Waals surface area contributed by atoms with E-state index in [0.717, 1.165) is 12.8 Å². The van der Waals surface area contributed by atoms with Crippen molar-refractivity contribution in [2.75, 3.05) is 49.9 Å². The van der Waals surface area contributed by atoms with Crippen LogP contribution in [0.1, 0.15) is 60.2 Å². The van der Waals surface area contributed by atoms with Crippen LogP contribution < -0.4 is 21.3 Å². The van der Waals surface area contributed by atoms with Crippen LogP contribution in [0.5, 0.6) is 0 Å². The molecule has 3 fully saturated rings. The Morgan fingerprint density at radius 2 is 1.45 bits per heavy atom. The quantitative estimate of drug-likeness (QED) is 0.0907. The number of aromatic amines is 2. The Hall–Kier alpha value is -6.01. The Labute approximate surface area is 320 Å². The molecule has 0 aromatic carbocycles. The van der Waals surface area contributed by atoms with Gasteiger partial charge in [0.05, 0.1) is 29.6 Å². The lowest BCUT2D eigenvalue weighted by atomic mass is 10.0. The molecule has 7 rings (SSSR count). The van der Waals surface area contributed by atoms with Crippen molar-refractivity contribution in [2.45, 2.75) is 57.8 Å². The molecule has 0 bridgehead atoms. The number of nitrogens with one attached hydrogen (secondary N) is 6. The normalized spacial score (nSPS) is 19.7. The average Bonchev–Trinajstić information content (AvgIpc) is 3.46. The van der Waals surface area contributed by atoms with Crippen molar-refractivity contribution in [2.24, 2.45) is 11.3 Å². The summed E-state index contributed by atoms with van der Waals surface area (Å²) in [4.78, 5) is 75.3. The molecule has 4 amide bonds. The summed E-state index contributed by atoms with van der Waals surface area (Å²) in [6.45, 7) is 13.9. The van der Waals surface area contributed by atoms with Gasteiger partial charge in [-0.15, -0.1) is 0 Å². The van der Waals surface area contributed by atoms with Crippen LogP contribution >= 0.6 is 0 Å². The second-order valence-electron chi connectivity index (χ2n) is 14.3. The van der Waals surface area contributed by atoms with Gasteiger partial charge in [0, 0.05) is 69.5 Å². The minimum atomic E-state index is -4.25. The minimum Gasteiger partial charge on any atom is -0.364 e. The number of likely N-dealkylation sites (tertiary alicyclic amines) is 2. The Bertz CT molecular complexity index is 2130. The van der Waals surface area contributed by atoms with E-state index in [1.54, 1.807) is 28.4 Å². The van der Waals surface area contributed by atoms with Crippen molar-refractivity contribution in [3.05, 3.63) is 61.2 Å². The molecule has 0 radical (unpaired) electrons. The number of anilines is 2. The molecule has 3 aliphatic rings. The monoisotopic (exact) mass is 778 g/mol. The Morgan fingerprint density at radius 1 is 0.875 bits per heavy atom. The summed E-state index contributed by atoms with van der Waals surface area (Å²) < 4.78 is 36.8. The van der Waals surface area contributed by atoms with Crippen LogP contribution in [0, 0.1) is 11.3 Å². The van der Waals surface area contributed by atoms with Crippen molar-refractivity contribution in [1.29, 1.82) is 0 Å². The van der Waals surface area contributed by atoms with E-state index in [4.69, 9.17) is 0 Å². The summed E-state index contributed by atoms with van der Waals surface area (Å²) in [5.41, 5.74) is 2.54. The number of carbonyl (C=O) groups excluding carboxylic acids is 4. The molecule has 56 heavy (non-hydrogen) atoms. The van der Waals surface area contributed by atoms with Crippen molar-refractivity contribution in [3.8, 4) is 0 Å². The van der Waals surface area contributed by atoms with E-state index in [9.17, 15) is 32.3 Å². The number of H-pyrrole nitrogens is 2. The zero-order valence-electron chi connectivity index (χ0n) is 31.1. The molecule has 6 N–H and O–H groups in total. The third kappa shape index (κ3) is 8.92. The van der Waals surface area contributed by atoms with Crippen LogP contribution in [-0.2, 0) is 9.59 Å². The molecule has 298 valence electrons. The third-order valence-electron chi connectivity index (χ3n) is 10.3. The second-order valence-corrected chi connectivity index (χ2v) is 14.3. The smallest absolute Gasteiger partial charge is 0.364 e. The highest BCUT2D eigenvalue weighted by atomic mass is 19.4. The summed E-state index contributed by atoms with van der Waals surface area (Å²) in [5, 5.41) is 11.9. The Morgan fingerprint density at radius 3 is 2.00 bits per heavy atom. The molecule has 16 nitrogen and oxygen atoms in total. The SMILES string of the molecule is C=CC(=O)N1CC(C)C(Nc2cnc3[nH]cc(C(=O)NCC)c3n2)C1.C=CC(=O)N1CC(Nc2cnc3[nH]cc(C(=O)NCCCC(F)(F)F)c3n2)C2(CC2)C1. The zero-order chi connectivity index (χ0) is 40.2. The van der Waals surface area contributed by atoms with Crippen LogP contribution in [0.2, 0.25) is 0 Å². The number of hydrogen-bond donors (Lipinski definition) is 6. The van der Waals surface area contributed by atoms with Gasteiger partial charge in [-0.05, 0) is 44.3 Å². The predicted octanol–water partition coefficient (Wildman–Crippen LogP) is 3.77. The van der Waals surface area contributed by atoms with E-state index in [1.807, 2.05) is 6.92 Å². The van der Waals surface area contributed by atoms with Gasteiger partial charge < -0.3 is 41.0 Å². The fourth-order valence-electron chi connectivity index (χ4n) is 7.07. The lowest BCUT2D eigenvalue weighted by molar-refractivity contribution is -0.135. The van der Waals surface area contributed by atoms with Gasteiger partial charge >= 0.3 is 6.18 Å². The average molecular weight is 779 g/mol. The Balaban J connectivity index is 0.000000194. The van der Waals surface area contributed by atoms with Gasteiger partial charge in [0.15, 0.2) is 11.3 Å². The van der Waals surface area contributed by atoms with E-state index in [-0.39, 0.29) is 59.7 Å². The second kappa shape index (κ2) is 16.4.